The molecule has 1 amide bonds. The Morgan fingerprint density at radius 3 is 2.68 bits per heavy atom. The smallest absolute Gasteiger partial charge is 0.253 e. The number of aromatic nitrogens is 3. The summed E-state index contributed by atoms with van der Waals surface area (Å²) >= 11 is 0. The Kier molecular flexibility index (Phi) is 4.99. The van der Waals surface area contributed by atoms with Crippen molar-refractivity contribution in [3.8, 4) is 11.4 Å². The van der Waals surface area contributed by atoms with Crippen LogP contribution in [0, 0.1) is 13.8 Å². The Balaban J connectivity index is 1.56. The van der Waals surface area contributed by atoms with Crippen molar-refractivity contribution in [3.63, 3.8) is 0 Å². The first-order chi connectivity index (χ1) is 13.5. The van der Waals surface area contributed by atoms with Crippen molar-refractivity contribution in [1.82, 2.24) is 19.7 Å². The van der Waals surface area contributed by atoms with Gasteiger partial charge in [-0.3, -0.25) is 9.48 Å². The van der Waals surface area contributed by atoms with Crippen molar-refractivity contribution in [1.29, 1.82) is 0 Å². The molecule has 0 saturated carbocycles. The zero-order chi connectivity index (χ0) is 19.7. The van der Waals surface area contributed by atoms with Crippen LogP contribution >= 0.6 is 0 Å². The van der Waals surface area contributed by atoms with E-state index in [1.54, 1.807) is 4.68 Å². The first-order valence-corrected chi connectivity index (χ1v) is 9.86. The summed E-state index contributed by atoms with van der Waals surface area (Å²) in [5.41, 5.74) is 4.25. The molecule has 28 heavy (non-hydrogen) atoms. The number of hydrogen-bond donors (Lipinski definition) is 0. The van der Waals surface area contributed by atoms with Crippen LogP contribution in [0.4, 0.5) is 0 Å². The molecule has 2 heterocycles. The molecule has 0 N–H and O–H groups in total. The predicted octanol–water partition coefficient (Wildman–Crippen LogP) is 4.12. The molecule has 2 aromatic carbocycles. The topological polar surface area (TPSA) is 51.0 Å². The summed E-state index contributed by atoms with van der Waals surface area (Å²) in [6, 6.07) is 16.2. The van der Waals surface area contributed by atoms with E-state index >= 15 is 0 Å². The second-order valence-corrected chi connectivity index (χ2v) is 7.63. The molecule has 1 aliphatic rings. The molecule has 1 fully saturated rings. The molecule has 4 rings (SSSR count). The number of rotatable bonds is 3. The van der Waals surface area contributed by atoms with E-state index in [0.717, 1.165) is 37.3 Å². The van der Waals surface area contributed by atoms with Gasteiger partial charge < -0.3 is 4.90 Å². The number of benzene rings is 2. The van der Waals surface area contributed by atoms with E-state index < -0.39 is 0 Å². The lowest BCUT2D eigenvalue weighted by molar-refractivity contribution is 0.0707. The van der Waals surface area contributed by atoms with E-state index in [-0.39, 0.29) is 5.91 Å². The third kappa shape index (κ3) is 3.57. The number of amides is 1. The van der Waals surface area contributed by atoms with Crippen LogP contribution in [0.1, 0.15) is 46.1 Å². The van der Waals surface area contributed by atoms with E-state index in [1.165, 1.54) is 11.1 Å². The lowest BCUT2D eigenvalue weighted by Crippen LogP contribution is -2.39. The van der Waals surface area contributed by atoms with Crippen LogP contribution in [0.3, 0.4) is 0 Å². The quantitative estimate of drug-likeness (QED) is 0.693. The normalized spacial score (nSPS) is 17.0. The zero-order valence-electron chi connectivity index (χ0n) is 16.7. The average Bonchev–Trinajstić information content (AvgIpc) is 3.06. The minimum atomic E-state index is 0.0905. The fourth-order valence-corrected chi connectivity index (χ4v) is 4.02. The molecule has 3 aromatic rings. The van der Waals surface area contributed by atoms with Crippen LogP contribution in [0.15, 0.2) is 48.5 Å². The lowest BCUT2D eigenvalue weighted by atomic mass is 9.87. The number of carbonyl (C=O) groups excluding carboxylic acids is 1. The maximum Gasteiger partial charge on any atom is 0.253 e. The summed E-state index contributed by atoms with van der Waals surface area (Å²) < 4.78 is 1.75. The Bertz CT molecular complexity index is 988. The summed E-state index contributed by atoms with van der Waals surface area (Å²) in [7, 11) is 1.88. The molecule has 0 unspecified atom stereocenters. The van der Waals surface area contributed by atoms with E-state index in [4.69, 9.17) is 0 Å². The third-order valence-corrected chi connectivity index (χ3v) is 5.69. The summed E-state index contributed by atoms with van der Waals surface area (Å²) in [6.45, 7) is 5.66. The Hall–Kier alpha value is -2.95. The van der Waals surface area contributed by atoms with E-state index in [2.05, 4.69) is 41.3 Å². The molecule has 0 aliphatic carbocycles. The van der Waals surface area contributed by atoms with E-state index in [1.807, 2.05) is 43.1 Å². The summed E-state index contributed by atoms with van der Waals surface area (Å²) in [6.07, 6.45) is 2.16. The van der Waals surface area contributed by atoms with Crippen molar-refractivity contribution in [3.05, 3.63) is 71.0 Å². The zero-order valence-corrected chi connectivity index (χ0v) is 16.7. The fourth-order valence-electron chi connectivity index (χ4n) is 4.02. The van der Waals surface area contributed by atoms with Gasteiger partial charge in [0.2, 0.25) is 0 Å². The largest absolute Gasteiger partial charge is 0.338 e. The number of likely N-dealkylation sites (tertiary alicyclic amines) is 1. The number of hydrogen-bond acceptors (Lipinski definition) is 3. The molecule has 1 atom stereocenters. The molecule has 1 saturated heterocycles. The minimum Gasteiger partial charge on any atom is -0.338 e. The fraction of sp³-hybridized carbons (Fsp3) is 0.348. The molecule has 5 heteroatoms. The van der Waals surface area contributed by atoms with Gasteiger partial charge in [-0.2, -0.15) is 5.10 Å². The van der Waals surface area contributed by atoms with Crippen molar-refractivity contribution in [2.75, 3.05) is 13.1 Å². The van der Waals surface area contributed by atoms with E-state index in [9.17, 15) is 4.79 Å². The molecule has 0 spiro atoms. The Morgan fingerprint density at radius 1 is 1.11 bits per heavy atom. The van der Waals surface area contributed by atoms with Gasteiger partial charge >= 0.3 is 0 Å². The maximum absolute atomic E-state index is 13.2. The summed E-state index contributed by atoms with van der Waals surface area (Å²) in [5, 5.41) is 4.44. The van der Waals surface area contributed by atoms with Crippen molar-refractivity contribution >= 4 is 5.91 Å². The first kappa shape index (κ1) is 18.4. The first-order valence-electron chi connectivity index (χ1n) is 9.86. The molecular weight excluding hydrogens is 348 g/mol. The van der Waals surface area contributed by atoms with Gasteiger partial charge in [0, 0.05) is 37.2 Å². The van der Waals surface area contributed by atoms with Crippen LogP contribution in [0.5, 0.6) is 0 Å². The number of aryl methyl sites for hydroxylation is 3. The van der Waals surface area contributed by atoms with Crippen molar-refractivity contribution in [2.45, 2.75) is 32.6 Å². The average molecular weight is 374 g/mol. The van der Waals surface area contributed by atoms with Gasteiger partial charge in [-0.05, 0) is 49.9 Å². The Labute approximate surface area is 166 Å². The second-order valence-electron chi connectivity index (χ2n) is 7.63. The molecule has 144 valence electrons. The highest BCUT2D eigenvalue weighted by molar-refractivity contribution is 5.95. The summed E-state index contributed by atoms with van der Waals surface area (Å²) in [4.78, 5) is 19.7. The maximum atomic E-state index is 13.2. The van der Waals surface area contributed by atoms with Crippen LogP contribution in [0.2, 0.25) is 0 Å². The van der Waals surface area contributed by atoms with Gasteiger partial charge in [0.05, 0.1) is 0 Å². The number of piperidine rings is 1. The lowest BCUT2D eigenvalue weighted by Gasteiger charge is -2.33. The van der Waals surface area contributed by atoms with Crippen LogP contribution in [-0.4, -0.2) is 38.7 Å². The molecule has 1 aliphatic heterocycles. The van der Waals surface area contributed by atoms with Gasteiger partial charge in [-0.1, -0.05) is 36.4 Å². The molecule has 0 radical (unpaired) electrons. The molecule has 5 nitrogen and oxygen atoms in total. The monoisotopic (exact) mass is 374 g/mol. The molecule has 0 bridgehead atoms. The second kappa shape index (κ2) is 7.58. The summed E-state index contributed by atoms with van der Waals surface area (Å²) in [5.74, 6) is 2.00. The van der Waals surface area contributed by atoms with Gasteiger partial charge in [0.25, 0.3) is 5.91 Å². The van der Waals surface area contributed by atoms with Crippen molar-refractivity contribution < 1.29 is 4.79 Å². The highest BCUT2D eigenvalue weighted by Gasteiger charge is 2.26. The van der Waals surface area contributed by atoms with Crippen LogP contribution in [-0.2, 0) is 7.05 Å². The highest BCUT2D eigenvalue weighted by Crippen LogP contribution is 2.30. The van der Waals surface area contributed by atoms with Crippen molar-refractivity contribution in [2.24, 2.45) is 7.05 Å². The van der Waals surface area contributed by atoms with Gasteiger partial charge in [-0.15, -0.1) is 0 Å². The van der Waals surface area contributed by atoms with Gasteiger partial charge in [-0.25, -0.2) is 4.98 Å². The van der Waals surface area contributed by atoms with Crippen LogP contribution in [0.25, 0.3) is 11.4 Å². The Morgan fingerprint density at radius 2 is 1.93 bits per heavy atom. The highest BCUT2D eigenvalue weighted by atomic mass is 16.2. The number of nitrogens with zero attached hydrogens (tertiary/aromatic N) is 4. The predicted molar refractivity (Wildman–Crippen MR) is 110 cm³/mol. The number of carbonyl (C=O) groups is 1. The molecule has 1 aromatic heterocycles. The standard InChI is InChI=1S/C23H26N4O/c1-16-8-4-5-12-21(16)20-11-7-13-27(15-20)23(28)19-10-6-9-18(14-19)22-24-17(2)26(3)25-22/h4-6,8-10,12,14,20H,7,11,13,15H2,1-3H3/t20-/m1/s1. The van der Waals surface area contributed by atoms with Crippen LogP contribution < -0.4 is 0 Å². The minimum absolute atomic E-state index is 0.0905. The third-order valence-electron chi connectivity index (χ3n) is 5.69. The SMILES string of the molecule is Cc1ccccc1[C@@H]1CCCN(C(=O)c2cccc(-c3nc(C)n(C)n3)c2)C1. The van der Waals surface area contributed by atoms with E-state index in [0.29, 0.717) is 17.3 Å². The molecular formula is C23H26N4O. The van der Waals surface area contributed by atoms with Gasteiger partial charge in [0.1, 0.15) is 5.82 Å². The van der Waals surface area contributed by atoms with Gasteiger partial charge in [0.15, 0.2) is 5.82 Å².